The van der Waals surface area contributed by atoms with Gasteiger partial charge in [0.25, 0.3) is 5.91 Å². The van der Waals surface area contributed by atoms with Gasteiger partial charge in [-0.1, -0.05) is 6.92 Å². The number of aromatic nitrogens is 2. The van der Waals surface area contributed by atoms with Crippen LogP contribution in [0, 0.1) is 5.92 Å². The SMILES string of the molecule is CCc1cc(C(=O)NC2C(N)C3CCOC32)n(CC)n1. The largest absolute Gasteiger partial charge is 0.376 e. The first-order chi connectivity index (χ1) is 9.65. The molecule has 110 valence electrons. The summed E-state index contributed by atoms with van der Waals surface area (Å²) in [4.78, 5) is 12.4. The molecule has 1 amide bonds. The van der Waals surface area contributed by atoms with E-state index in [1.165, 1.54) is 0 Å². The Balaban J connectivity index is 1.72. The molecule has 6 nitrogen and oxygen atoms in total. The molecule has 0 aromatic carbocycles. The van der Waals surface area contributed by atoms with Crippen molar-refractivity contribution in [3.63, 3.8) is 0 Å². The van der Waals surface area contributed by atoms with Gasteiger partial charge in [0.1, 0.15) is 5.69 Å². The van der Waals surface area contributed by atoms with Gasteiger partial charge in [0.05, 0.1) is 17.8 Å². The maximum Gasteiger partial charge on any atom is 0.269 e. The zero-order valence-electron chi connectivity index (χ0n) is 12.0. The molecule has 1 saturated heterocycles. The Kier molecular flexibility index (Phi) is 3.52. The molecule has 4 atom stereocenters. The van der Waals surface area contributed by atoms with E-state index in [2.05, 4.69) is 10.4 Å². The molecule has 1 aliphatic heterocycles. The van der Waals surface area contributed by atoms with E-state index in [1.54, 1.807) is 4.68 Å². The van der Waals surface area contributed by atoms with E-state index >= 15 is 0 Å². The number of hydrogen-bond donors (Lipinski definition) is 2. The van der Waals surface area contributed by atoms with E-state index in [0.717, 1.165) is 25.1 Å². The van der Waals surface area contributed by atoms with Crippen LogP contribution in [-0.2, 0) is 17.7 Å². The second-order valence-electron chi connectivity index (χ2n) is 5.55. The highest BCUT2D eigenvalue weighted by Crippen LogP contribution is 2.37. The van der Waals surface area contributed by atoms with Gasteiger partial charge in [0.15, 0.2) is 0 Å². The standard InChI is InChI=1S/C14H22N4O2/c1-3-8-7-10(18(4-2)17-8)14(19)16-12-11(15)9-5-6-20-13(9)12/h7,9,11-13H,3-6,15H2,1-2H3,(H,16,19). The Hall–Kier alpha value is -1.40. The highest BCUT2D eigenvalue weighted by atomic mass is 16.5. The van der Waals surface area contributed by atoms with Crippen LogP contribution in [0.2, 0.25) is 0 Å². The van der Waals surface area contributed by atoms with E-state index in [0.29, 0.717) is 18.2 Å². The fraction of sp³-hybridized carbons (Fsp3) is 0.714. The van der Waals surface area contributed by atoms with Crippen molar-refractivity contribution in [2.45, 2.75) is 51.4 Å². The first-order valence-electron chi connectivity index (χ1n) is 7.40. The van der Waals surface area contributed by atoms with Gasteiger partial charge in [0, 0.05) is 25.1 Å². The number of carbonyl (C=O) groups is 1. The monoisotopic (exact) mass is 278 g/mol. The van der Waals surface area contributed by atoms with E-state index in [4.69, 9.17) is 10.5 Å². The first kappa shape index (κ1) is 13.6. The van der Waals surface area contributed by atoms with Crippen LogP contribution in [0.3, 0.4) is 0 Å². The molecule has 2 heterocycles. The number of hydrogen-bond acceptors (Lipinski definition) is 4. The van der Waals surface area contributed by atoms with Crippen molar-refractivity contribution < 1.29 is 9.53 Å². The van der Waals surface area contributed by atoms with Gasteiger partial charge in [-0.3, -0.25) is 9.48 Å². The van der Waals surface area contributed by atoms with Crippen LogP contribution >= 0.6 is 0 Å². The molecule has 1 aliphatic carbocycles. The van der Waals surface area contributed by atoms with Crippen LogP contribution in [-0.4, -0.2) is 40.5 Å². The second-order valence-corrected chi connectivity index (χ2v) is 5.55. The van der Waals surface area contributed by atoms with Crippen LogP contribution in [0.15, 0.2) is 6.07 Å². The Labute approximate surface area is 118 Å². The molecular weight excluding hydrogens is 256 g/mol. The van der Waals surface area contributed by atoms with Gasteiger partial charge < -0.3 is 15.8 Å². The molecule has 2 aliphatic rings. The third-order valence-electron chi connectivity index (χ3n) is 4.47. The Morgan fingerprint density at radius 3 is 3.10 bits per heavy atom. The normalized spacial score (nSPS) is 31.8. The molecule has 0 radical (unpaired) electrons. The minimum absolute atomic E-state index is 0.00935. The van der Waals surface area contributed by atoms with Crippen molar-refractivity contribution in [3.8, 4) is 0 Å². The quantitative estimate of drug-likeness (QED) is 0.830. The lowest BCUT2D eigenvalue weighted by atomic mass is 9.72. The predicted molar refractivity (Wildman–Crippen MR) is 74.4 cm³/mol. The maximum absolute atomic E-state index is 12.4. The van der Waals surface area contributed by atoms with Crippen LogP contribution in [0.5, 0.6) is 0 Å². The third-order valence-corrected chi connectivity index (χ3v) is 4.47. The van der Waals surface area contributed by atoms with Gasteiger partial charge in [-0.15, -0.1) is 0 Å². The molecule has 6 heteroatoms. The fourth-order valence-corrected chi connectivity index (χ4v) is 3.22. The average Bonchev–Trinajstić information content (AvgIpc) is 3.08. The van der Waals surface area contributed by atoms with Crippen molar-refractivity contribution in [1.29, 1.82) is 0 Å². The zero-order chi connectivity index (χ0) is 14.3. The van der Waals surface area contributed by atoms with Crippen LogP contribution in [0.25, 0.3) is 0 Å². The summed E-state index contributed by atoms with van der Waals surface area (Å²) < 4.78 is 7.38. The van der Waals surface area contributed by atoms with Gasteiger partial charge >= 0.3 is 0 Å². The molecule has 4 unspecified atom stereocenters. The zero-order valence-corrected chi connectivity index (χ0v) is 12.0. The summed E-state index contributed by atoms with van der Waals surface area (Å²) in [5.41, 5.74) is 7.66. The molecule has 3 rings (SSSR count). The van der Waals surface area contributed by atoms with Crippen molar-refractivity contribution in [2.75, 3.05) is 6.61 Å². The molecule has 0 bridgehead atoms. The number of nitrogens with zero attached hydrogens (tertiary/aromatic N) is 2. The lowest BCUT2D eigenvalue weighted by molar-refractivity contribution is -0.0162. The smallest absolute Gasteiger partial charge is 0.269 e. The summed E-state index contributed by atoms with van der Waals surface area (Å²) in [7, 11) is 0. The first-order valence-corrected chi connectivity index (χ1v) is 7.40. The van der Waals surface area contributed by atoms with Crippen LogP contribution in [0.1, 0.15) is 36.5 Å². The number of carbonyl (C=O) groups excluding carboxylic acids is 1. The summed E-state index contributed by atoms with van der Waals surface area (Å²) >= 11 is 0. The molecule has 1 saturated carbocycles. The van der Waals surface area contributed by atoms with E-state index < -0.39 is 0 Å². The summed E-state index contributed by atoms with van der Waals surface area (Å²) in [6.07, 6.45) is 1.92. The van der Waals surface area contributed by atoms with Gasteiger partial charge in [-0.05, 0) is 25.8 Å². The summed E-state index contributed by atoms with van der Waals surface area (Å²) in [6, 6.07) is 1.80. The topological polar surface area (TPSA) is 82.2 Å². The highest BCUT2D eigenvalue weighted by molar-refractivity contribution is 5.93. The third kappa shape index (κ3) is 2.03. The fourth-order valence-electron chi connectivity index (χ4n) is 3.22. The second kappa shape index (κ2) is 5.18. The van der Waals surface area contributed by atoms with Gasteiger partial charge in [-0.25, -0.2) is 0 Å². The lowest BCUT2D eigenvalue weighted by Gasteiger charge is -2.45. The Bertz CT molecular complexity index is 513. The number of amides is 1. The summed E-state index contributed by atoms with van der Waals surface area (Å²) in [5, 5.41) is 7.41. The van der Waals surface area contributed by atoms with Crippen molar-refractivity contribution in [2.24, 2.45) is 11.7 Å². The minimum Gasteiger partial charge on any atom is -0.376 e. The van der Waals surface area contributed by atoms with E-state index in [9.17, 15) is 4.79 Å². The van der Waals surface area contributed by atoms with Crippen LogP contribution < -0.4 is 11.1 Å². The number of ether oxygens (including phenoxy) is 1. The van der Waals surface area contributed by atoms with Crippen molar-refractivity contribution in [3.05, 3.63) is 17.5 Å². The molecule has 2 fully saturated rings. The van der Waals surface area contributed by atoms with Gasteiger partial charge in [-0.2, -0.15) is 5.10 Å². The van der Waals surface area contributed by atoms with E-state index in [-0.39, 0.29) is 24.1 Å². The summed E-state index contributed by atoms with van der Waals surface area (Å²) in [6.45, 7) is 5.45. The number of nitrogens with one attached hydrogen (secondary N) is 1. The number of rotatable bonds is 4. The Morgan fingerprint density at radius 1 is 1.60 bits per heavy atom. The van der Waals surface area contributed by atoms with Crippen molar-refractivity contribution >= 4 is 5.91 Å². The number of aryl methyl sites for hydroxylation is 2. The van der Waals surface area contributed by atoms with Crippen molar-refractivity contribution in [1.82, 2.24) is 15.1 Å². The van der Waals surface area contributed by atoms with Crippen LogP contribution in [0.4, 0.5) is 0 Å². The predicted octanol–water partition coefficient (Wildman–Crippen LogP) is 0.310. The average molecular weight is 278 g/mol. The highest BCUT2D eigenvalue weighted by Gasteiger charge is 2.52. The molecule has 0 spiro atoms. The molecule has 20 heavy (non-hydrogen) atoms. The molecule has 1 aromatic rings. The number of nitrogens with two attached hydrogens (primary N) is 1. The summed E-state index contributed by atoms with van der Waals surface area (Å²) in [5.74, 6) is 0.302. The maximum atomic E-state index is 12.4. The van der Waals surface area contributed by atoms with E-state index in [1.807, 2.05) is 19.9 Å². The Morgan fingerprint density at radius 2 is 2.40 bits per heavy atom. The molecule has 1 aromatic heterocycles. The minimum atomic E-state index is -0.103. The lowest BCUT2D eigenvalue weighted by Crippen LogP contribution is -2.69. The molecular formula is C14H22N4O2. The molecule has 3 N–H and O–H groups in total. The van der Waals surface area contributed by atoms with Gasteiger partial charge in [0.2, 0.25) is 0 Å². The number of fused-ring (bicyclic) bond motifs is 1.